The third kappa shape index (κ3) is 3.89. The molecule has 0 saturated heterocycles. The number of rotatable bonds is 4. The lowest BCUT2D eigenvalue weighted by atomic mass is 10.1. The fourth-order valence-electron chi connectivity index (χ4n) is 1.99. The summed E-state index contributed by atoms with van der Waals surface area (Å²) in [7, 11) is 3.82. The van der Waals surface area contributed by atoms with E-state index < -0.39 is 0 Å². The maximum Gasteiger partial charge on any atom is 0.251 e. The van der Waals surface area contributed by atoms with Crippen molar-refractivity contribution < 1.29 is 4.79 Å². The molecule has 2 aromatic rings. The SMILES string of the molecule is CN(C)c1ccc(C(=O)NCc2ccc(Cl)cc2)cc1N. The molecule has 0 unspecified atom stereocenters. The highest BCUT2D eigenvalue weighted by atomic mass is 35.5. The van der Waals surface area contributed by atoms with Gasteiger partial charge >= 0.3 is 0 Å². The second-order valence-electron chi connectivity index (χ2n) is 4.98. The van der Waals surface area contributed by atoms with Crippen molar-refractivity contribution in [2.24, 2.45) is 0 Å². The van der Waals surface area contributed by atoms with Gasteiger partial charge in [0.1, 0.15) is 0 Å². The minimum absolute atomic E-state index is 0.151. The van der Waals surface area contributed by atoms with Gasteiger partial charge in [0.05, 0.1) is 11.4 Å². The summed E-state index contributed by atoms with van der Waals surface area (Å²) < 4.78 is 0. The number of hydrogen-bond acceptors (Lipinski definition) is 3. The molecule has 0 atom stereocenters. The van der Waals surface area contributed by atoms with Crippen LogP contribution in [0.15, 0.2) is 42.5 Å². The highest BCUT2D eigenvalue weighted by molar-refractivity contribution is 6.30. The predicted molar refractivity (Wildman–Crippen MR) is 87.8 cm³/mol. The molecule has 21 heavy (non-hydrogen) atoms. The number of nitrogens with one attached hydrogen (secondary N) is 1. The monoisotopic (exact) mass is 303 g/mol. The van der Waals surface area contributed by atoms with Gasteiger partial charge in [-0.1, -0.05) is 23.7 Å². The molecule has 0 heterocycles. The fourth-order valence-corrected chi connectivity index (χ4v) is 2.12. The Balaban J connectivity index is 2.03. The number of carbonyl (C=O) groups is 1. The predicted octanol–water partition coefficient (Wildman–Crippen LogP) is 2.92. The van der Waals surface area contributed by atoms with E-state index in [9.17, 15) is 4.79 Å². The van der Waals surface area contributed by atoms with E-state index in [1.165, 1.54) is 0 Å². The van der Waals surface area contributed by atoms with E-state index in [4.69, 9.17) is 17.3 Å². The molecule has 110 valence electrons. The van der Waals surface area contributed by atoms with Crippen LogP contribution in [0.4, 0.5) is 11.4 Å². The molecule has 4 nitrogen and oxygen atoms in total. The van der Waals surface area contributed by atoms with Gasteiger partial charge in [-0.25, -0.2) is 0 Å². The molecule has 0 aromatic heterocycles. The van der Waals surface area contributed by atoms with Crippen molar-refractivity contribution in [2.45, 2.75) is 6.54 Å². The van der Waals surface area contributed by atoms with Gasteiger partial charge in [-0.3, -0.25) is 4.79 Å². The Morgan fingerprint density at radius 2 is 1.86 bits per heavy atom. The lowest BCUT2D eigenvalue weighted by Crippen LogP contribution is -2.23. The van der Waals surface area contributed by atoms with Crippen molar-refractivity contribution in [1.29, 1.82) is 0 Å². The molecular formula is C16H18ClN3O. The van der Waals surface area contributed by atoms with Crippen molar-refractivity contribution in [3.05, 3.63) is 58.6 Å². The van der Waals surface area contributed by atoms with Crippen LogP contribution in [0.1, 0.15) is 15.9 Å². The van der Waals surface area contributed by atoms with E-state index in [-0.39, 0.29) is 5.91 Å². The third-order valence-corrected chi connectivity index (χ3v) is 3.39. The number of nitrogen functional groups attached to an aromatic ring is 1. The largest absolute Gasteiger partial charge is 0.397 e. The van der Waals surface area contributed by atoms with Gasteiger partial charge in [0.15, 0.2) is 0 Å². The van der Waals surface area contributed by atoms with Gasteiger partial charge in [-0.2, -0.15) is 0 Å². The minimum atomic E-state index is -0.151. The second kappa shape index (κ2) is 6.50. The number of halogens is 1. The molecule has 0 saturated carbocycles. The minimum Gasteiger partial charge on any atom is -0.397 e. The number of hydrogen-bond donors (Lipinski definition) is 2. The molecule has 0 bridgehead atoms. The van der Waals surface area contributed by atoms with Crippen LogP contribution in [0.3, 0.4) is 0 Å². The zero-order chi connectivity index (χ0) is 15.4. The van der Waals surface area contributed by atoms with E-state index in [0.29, 0.717) is 22.8 Å². The first-order valence-electron chi connectivity index (χ1n) is 6.57. The van der Waals surface area contributed by atoms with Crippen LogP contribution >= 0.6 is 11.6 Å². The van der Waals surface area contributed by atoms with Crippen molar-refractivity contribution in [2.75, 3.05) is 24.7 Å². The summed E-state index contributed by atoms with van der Waals surface area (Å²) in [5.74, 6) is -0.151. The Morgan fingerprint density at radius 1 is 1.19 bits per heavy atom. The summed E-state index contributed by atoms with van der Waals surface area (Å²) in [6.07, 6.45) is 0. The first-order chi connectivity index (χ1) is 9.97. The van der Waals surface area contributed by atoms with Crippen LogP contribution in [-0.4, -0.2) is 20.0 Å². The van der Waals surface area contributed by atoms with Gasteiger partial charge in [-0.15, -0.1) is 0 Å². The lowest BCUT2D eigenvalue weighted by Gasteiger charge is -2.16. The highest BCUT2D eigenvalue weighted by Gasteiger charge is 2.09. The standard InChI is InChI=1S/C16H18ClN3O/c1-20(2)15-8-5-12(9-14(15)18)16(21)19-10-11-3-6-13(17)7-4-11/h3-9H,10,18H2,1-2H3,(H,19,21). The average Bonchev–Trinajstić information content (AvgIpc) is 2.45. The first-order valence-corrected chi connectivity index (χ1v) is 6.94. The van der Waals surface area contributed by atoms with E-state index in [0.717, 1.165) is 11.3 Å². The Morgan fingerprint density at radius 3 is 2.43 bits per heavy atom. The molecule has 5 heteroatoms. The van der Waals surface area contributed by atoms with Crippen molar-refractivity contribution >= 4 is 28.9 Å². The van der Waals surface area contributed by atoms with E-state index in [2.05, 4.69) is 5.32 Å². The van der Waals surface area contributed by atoms with Crippen LogP contribution in [0.25, 0.3) is 0 Å². The molecule has 0 fully saturated rings. The highest BCUT2D eigenvalue weighted by Crippen LogP contribution is 2.22. The molecule has 2 rings (SSSR count). The first kappa shape index (κ1) is 15.2. The van der Waals surface area contributed by atoms with Crippen molar-refractivity contribution in [3.8, 4) is 0 Å². The van der Waals surface area contributed by atoms with E-state index in [1.54, 1.807) is 24.3 Å². The van der Waals surface area contributed by atoms with Gasteiger partial charge in [0, 0.05) is 31.2 Å². The molecular weight excluding hydrogens is 286 g/mol. The normalized spacial score (nSPS) is 10.2. The Labute approximate surface area is 129 Å². The van der Waals surface area contributed by atoms with Crippen molar-refractivity contribution in [1.82, 2.24) is 5.32 Å². The molecule has 2 aromatic carbocycles. The number of nitrogens with two attached hydrogens (primary N) is 1. The molecule has 1 amide bonds. The molecule has 0 aliphatic rings. The molecule has 0 radical (unpaired) electrons. The Bertz CT molecular complexity index is 638. The quantitative estimate of drug-likeness (QED) is 0.854. The second-order valence-corrected chi connectivity index (χ2v) is 5.41. The summed E-state index contributed by atoms with van der Waals surface area (Å²) in [6.45, 7) is 0.450. The number of benzene rings is 2. The van der Waals surface area contributed by atoms with E-state index in [1.807, 2.05) is 37.2 Å². The average molecular weight is 304 g/mol. The zero-order valence-electron chi connectivity index (χ0n) is 12.1. The smallest absolute Gasteiger partial charge is 0.251 e. The summed E-state index contributed by atoms with van der Waals surface area (Å²) in [6, 6.07) is 12.7. The Hall–Kier alpha value is -2.20. The van der Waals surface area contributed by atoms with Crippen LogP contribution in [0, 0.1) is 0 Å². The van der Waals surface area contributed by atoms with Crippen LogP contribution < -0.4 is 16.0 Å². The van der Waals surface area contributed by atoms with Gasteiger partial charge in [0.25, 0.3) is 5.91 Å². The van der Waals surface area contributed by atoms with Crippen LogP contribution in [-0.2, 0) is 6.54 Å². The summed E-state index contributed by atoms with van der Waals surface area (Å²) >= 11 is 5.82. The van der Waals surface area contributed by atoms with Crippen molar-refractivity contribution in [3.63, 3.8) is 0 Å². The maximum atomic E-state index is 12.1. The van der Waals surface area contributed by atoms with Crippen LogP contribution in [0.5, 0.6) is 0 Å². The summed E-state index contributed by atoms with van der Waals surface area (Å²) in [4.78, 5) is 14.0. The third-order valence-electron chi connectivity index (χ3n) is 3.14. The topological polar surface area (TPSA) is 58.4 Å². The number of amides is 1. The Kier molecular flexibility index (Phi) is 4.70. The molecule has 0 aliphatic carbocycles. The molecule has 0 aliphatic heterocycles. The van der Waals surface area contributed by atoms with Crippen LogP contribution in [0.2, 0.25) is 5.02 Å². The van der Waals surface area contributed by atoms with Gasteiger partial charge < -0.3 is 16.0 Å². The number of nitrogens with zero attached hydrogens (tertiary/aromatic N) is 1. The molecule has 0 spiro atoms. The summed E-state index contributed by atoms with van der Waals surface area (Å²) in [5, 5.41) is 3.54. The van der Waals surface area contributed by atoms with Gasteiger partial charge in [-0.05, 0) is 35.9 Å². The lowest BCUT2D eigenvalue weighted by molar-refractivity contribution is 0.0951. The van der Waals surface area contributed by atoms with Gasteiger partial charge in [0.2, 0.25) is 0 Å². The van der Waals surface area contributed by atoms with E-state index >= 15 is 0 Å². The maximum absolute atomic E-state index is 12.1. The number of carbonyl (C=O) groups excluding carboxylic acids is 1. The zero-order valence-corrected chi connectivity index (χ0v) is 12.8. The summed E-state index contributed by atoms with van der Waals surface area (Å²) in [5.41, 5.74) is 8.96. The molecule has 3 N–H and O–H groups in total. The number of anilines is 2. The fraction of sp³-hybridized carbons (Fsp3) is 0.188.